The molecule has 2 aromatic rings. The molecule has 2 aliphatic rings. The number of hydrogen-bond donors (Lipinski definition) is 2. The van der Waals surface area contributed by atoms with E-state index in [1.807, 2.05) is 0 Å². The second-order valence-corrected chi connectivity index (χ2v) is 7.80. The van der Waals surface area contributed by atoms with Gasteiger partial charge in [-0.3, -0.25) is 0 Å². The number of fused-ring (bicyclic) bond motifs is 1. The Morgan fingerprint density at radius 3 is 2.57 bits per heavy atom. The van der Waals surface area contributed by atoms with Gasteiger partial charge in [-0.15, -0.1) is 0 Å². The maximum absolute atomic E-state index is 5.64. The summed E-state index contributed by atoms with van der Waals surface area (Å²) in [4.78, 5) is 4.72. The number of nitrogens with one attached hydrogen (secondary N) is 2. The van der Waals surface area contributed by atoms with Crippen molar-refractivity contribution < 1.29 is 0 Å². The normalized spacial score (nSPS) is 17.4. The van der Waals surface area contributed by atoms with E-state index in [0.29, 0.717) is 0 Å². The highest BCUT2D eigenvalue weighted by Crippen LogP contribution is 2.29. The molecule has 0 saturated carbocycles. The van der Waals surface area contributed by atoms with Crippen LogP contribution in [0.3, 0.4) is 0 Å². The van der Waals surface area contributed by atoms with Crippen LogP contribution in [0.1, 0.15) is 24.5 Å². The number of nitrogens with zero attached hydrogens (tertiary/aromatic N) is 2. The van der Waals surface area contributed by atoms with Crippen LogP contribution in [0, 0.1) is 0 Å². The topological polar surface area (TPSA) is 30.5 Å². The van der Waals surface area contributed by atoms with Crippen molar-refractivity contribution in [2.24, 2.45) is 0 Å². The smallest absolute Gasteiger partial charge is 0.173 e. The molecule has 4 nitrogen and oxygen atoms in total. The van der Waals surface area contributed by atoms with Crippen molar-refractivity contribution in [1.82, 2.24) is 10.2 Å². The first kappa shape index (κ1) is 18.8. The molecule has 2 heterocycles. The van der Waals surface area contributed by atoms with Crippen molar-refractivity contribution in [3.05, 3.63) is 65.9 Å². The molecular formula is C23H28N4S. The summed E-state index contributed by atoms with van der Waals surface area (Å²) < 4.78 is 0. The van der Waals surface area contributed by atoms with Gasteiger partial charge in [0.1, 0.15) is 0 Å². The second kappa shape index (κ2) is 8.65. The second-order valence-electron chi connectivity index (χ2n) is 7.41. The Hall–Kier alpha value is -2.53. The van der Waals surface area contributed by atoms with Gasteiger partial charge in [0, 0.05) is 55.9 Å². The summed E-state index contributed by atoms with van der Waals surface area (Å²) in [5, 5.41) is 7.58. The summed E-state index contributed by atoms with van der Waals surface area (Å²) in [6, 6.07) is 17.4. The van der Waals surface area contributed by atoms with Crippen LogP contribution >= 0.6 is 12.2 Å². The van der Waals surface area contributed by atoms with Gasteiger partial charge in [-0.1, -0.05) is 43.7 Å². The van der Waals surface area contributed by atoms with Crippen LogP contribution in [0.25, 0.3) is 5.57 Å². The molecule has 0 spiro atoms. The standard InChI is InChI=1S/C23H28N4S/c1-2-5-18-8-10-20(11-9-18)26-12-14-27(15-13-26)23(28)25-17-19-16-24-22-7-4-3-6-21(19)22/h3-4,6-11,17,24H,2,5,12-16H2,1H3,(H,25,28)/b19-17-. The van der Waals surface area contributed by atoms with Crippen molar-refractivity contribution in [2.45, 2.75) is 19.8 Å². The van der Waals surface area contributed by atoms with E-state index in [1.165, 1.54) is 34.5 Å². The molecule has 0 aliphatic carbocycles. The van der Waals surface area contributed by atoms with Gasteiger partial charge in [0.05, 0.1) is 0 Å². The lowest BCUT2D eigenvalue weighted by Crippen LogP contribution is -2.51. The summed E-state index contributed by atoms with van der Waals surface area (Å²) in [6.07, 6.45) is 4.41. The van der Waals surface area contributed by atoms with E-state index in [9.17, 15) is 0 Å². The average molecular weight is 393 g/mol. The van der Waals surface area contributed by atoms with Gasteiger partial charge in [0.15, 0.2) is 5.11 Å². The minimum Gasteiger partial charge on any atom is -0.380 e. The quantitative estimate of drug-likeness (QED) is 0.765. The molecule has 0 unspecified atom stereocenters. The van der Waals surface area contributed by atoms with Crippen molar-refractivity contribution in [2.75, 3.05) is 42.9 Å². The molecule has 0 atom stereocenters. The van der Waals surface area contributed by atoms with E-state index >= 15 is 0 Å². The first-order valence-electron chi connectivity index (χ1n) is 10.2. The third-order valence-corrected chi connectivity index (χ3v) is 5.90. The summed E-state index contributed by atoms with van der Waals surface area (Å²) in [5.41, 5.74) is 6.44. The Labute approximate surface area is 173 Å². The first-order chi connectivity index (χ1) is 13.7. The van der Waals surface area contributed by atoms with Crippen LogP contribution in [0.2, 0.25) is 0 Å². The molecule has 28 heavy (non-hydrogen) atoms. The lowest BCUT2D eigenvalue weighted by atomic mass is 10.1. The fourth-order valence-electron chi connectivity index (χ4n) is 3.90. The van der Waals surface area contributed by atoms with E-state index < -0.39 is 0 Å². The van der Waals surface area contributed by atoms with Crippen LogP contribution in [0.5, 0.6) is 0 Å². The summed E-state index contributed by atoms with van der Waals surface area (Å²) >= 11 is 5.64. The summed E-state index contributed by atoms with van der Waals surface area (Å²) in [6.45, 7) is 6.95. The van der Waals surface area contributed by atoms with Crippen LogP contribution in [-0.4, -0.2) is 42.7 Å². The number of anilines is 2. The largest absolute Gasteiger partial charge is 0.380 e. The number of benzene rings is 2. The summed E-state index contributed by atoms with van der Waals surface area (Å²) in [7, 11) is 0. The number of aryl methyl sites for hydroxylation is 1. The molecule has 1 fully saturated rings. The predicted octanol–water partition coefficient (Wildman–Crippen LogP) is 4.10. The highest BCUT2D eigenvalue weighted by molar-refractivity contribution is 7.80. The van der Waals surface area contributed by atoms with E-state index in [4.69, 9.17) is 12.2 Å². The van der Waals surface area contributed by atoms with Gasteiger partial charge in [-0.2, -0.15) is 0 Å². The van der Waals surface area contributed by atoms with Crippen LogP contribution in [0.4, 0.5) is 11.4 Å². The van der Waals surface area contributed by atoms with Gasteiger partial charge in [0.2, 0.25) is 0 Å². The molecule has 1 saturated heterocycles. The van der Waals surface area contributed by atoms with Gasteiger partial charge in [-0.25, -0.2) is 0 Å². The molecule has 2 aliphatic heterocycles. The van der Waals surface area contributed by atoms with Gasteiger partial charge >= 0.3 is 0 Å². The third-order valence-electron chi connectivity index (χ3n) is 5.52. The molecule has 4 rings (SSSR count). The minimum atomic E-state index is 0.815. The van der Waals surface area contributed by atoms with Gasteiger partial charge in [-0.05, 0) is 48.0 Å². The van der Waals surface area contributed by atoms with Crippen molar-refractivity contribution >= 4 is 34.3 Å². The fraction of sp³-hybridized carbons (Fsp3) is 0.348. The number of thiocarbonyl (C=S) groups is 1. The van der Waals surface area contributed by atoms with Gasteiger partial charge in [0.25, 0.3) is 0 Å². The highest BCUT2D eigenvalue weighted by Gasteiger charge is 2.19. The van der Waals surface area contributed by atoms with Crippen molar-refractivity contribution in [3.8, 4) is 0 Å². The zero-order valence-electron chi connectivity index (χ0n) is 16.4. The Balaban J connectivity index is 1.30. The Bertz CT molecular complexity index is 851. The van der Waals surface area contributed by atoms with Crippen LogP contribution in [0.15, 0.2) is 54.7 Å². The van der Waals surface area contributed by atoms with E-state index in [1.54, 1.807) is 0 Å². The number of piperazine rings is 1. The number of hydrogen-bond acceptors (Lipinski definition) is 3. The zero-order valence-corrected chi connectivity index (χ0v) is 17.3. The highest BCUT2D eigenvalue weighted by atomic mass is 32.1. The summed E-state index contributed by atoms with van der Waals surface area (Å²) in [5.74, 6) is 0. The SMILES string of the molecule is CCCc1ccc(N2CCN(C(=S)N/C=C3/CNc4ccccc43)CC2)cc1. The molecular weight excluding hydrogens is 364 g/mol. The molecule has 0 bridgehead atoms. The lowest BCUT2D eigenvalue weighted by Gasteiger charge is -2.37. The Morgan fingerprint density at radius 1 is 1.07 bits per heavy atom. The molecule has 5 heteroatoms. The molecule has 0 amide bonds. The number of rotatable bonds is 4. The predicted molar refractivity (Wildman–Crippen MR) is 123 cm³/mol. The third kappa shape index (κ3) is 4.14. The van der Waals surface area contributed by atoms with Gasteiger partial charge < -0.3 is 20.4 Å². The Morgan fingerprint density at radius 2 is 1.82 bits per heavy atom. The lowest BCUT2D eigenvalue weighted by molar-refractivity contribution is 0.384. The molecule has 2 aromatic carbocycles. The fourth-order valence-corrected chi connectivity index (χ4v) is 4.14. The molecule has 0 radical (unpaired) electrons. The first-order valence-corrected chi connectivity index (χ1v) is 10.6. The zero-order chi connectivity index (χ0) is 19.3. The van der Waals surface area contributed by atoms with E-state index in [-0.39, 0.29) is 0 Å². The monoisotopic (exact) mass is 392 g/mol. The van der Waals surface area contributed by atoms with Crippen molar-refractivity contribution in [3.63, 3.8) is 0 Å². The van der Waals surface area contributed by atoms with E-state index in [2.05, 4.69) is 82.1 Å². The van der Waals surface area contributed by atoms with Crippen LogP contribution < -0.4 is 15.5 Å². The Kier molecular flexibility index (Phi) is 5.81. The van der Waals surface area contributed by atoms with Crippen molar-refractivity contribution in [1.29, 1.82) is 0 Å². The maximum atomic E-state index is 5.64. The molecule has 2 N–H and O–H groups in total. The molecule has 146 valence electrons. The van der Waals surface area contributed by atoms with Crippen LogP contribution in [-0.2, 0) is 6.42 Å². The minimum absolute atomic E-state index is 0.815. The number of para-hydroxylation sites is 1. The molecule has 0 aromatic heterocycles. The average Bonchev–Trinajstić information content (AvgIpc) is 3.16. The maximum Gasteiger partial charge on any atom is 0.173 e. The van der Waals surface area contributed by atoms with E-state index in [0.717, 1.165) is 44.3 Å².